The van der Waals surface area contributed by atoms with Crippen molar-refractivity contribution in [2.45, 2.75) is 6.92 Å². The fraction of sp³-hybridized carbons (Fsp3) is 0.136. The zero-order chi connectivity index (χ0) is 20.4. The molecule has 0 aliphatic carbocycles. The van der Waals surface area contributed by atoms with E-state index in [1.54, 1.807) is 43.5 Å². The Morgan fingerprint density at radius 2 is 1.86 bits per heavy atom. The minimum atomic E-state index is -0.000998. The summed E-state index contributed by atoms with van der Waals surface area (Å²) in [5, 5.41) is 4.15. The molecule has 1 N–H and O–H groups in total. The van der Waals surface area contributed by atoms with Crippen molar-refractivity contribution in [2.75, 3.05) is 24.4 Å². The molecule has 7 heteroatoms. The van der Waals surface area contributed by atoms with Gasteiger partial charge in [0.05, 0.1) is 23.5 Å². The molecule has 6 nitrogen and oxygen atoms in total. The van der Waals surface area contributed by atoms with E-state index in [9.17, 15) is 4.79 Å². The van der Waals surface area contributed by atoms with Crippen LogP contribution in [0.1, 0.15) is 6.92 Å². The van der Waals surface area contributed by atoms with Crippen LogP contribution in [0.25, 0.3) is 21.3 Å². The molecular formula is C22H20N4O2S. The topological polar surface area (TPSA) is 67.4 Å². The van der Waals surface area contributed by atoms with Crippen LogP contribution in [0, 0.1) is 0 Å². The highest BCUT2D eigenvalue weighted by Gasteiger charge is 2.09. The molecule has 4 aromatic rings. The number of anilines is 3. The molecule has 2 aromatic carbocycles. The average molecular weight is 404 g/mol. The summed E-state index contributed by atoms with van der Waals surface area (Å²) >= 11 is 1.59. The first-order valence-electron chi connectivity index (χ1n) is 9.05. The maximum absolute atomic E-state index is 11.5. The predicted molar refractivity (Wildman–Crippen MR) is 118 cm³/mol. The molecule has 0 atom stereocenters. The lowest BCUT2D eigenvalue weighted by Crippen LogP contribution is -2.22. The third-order valence-corrected chi connectivity index (χ3v) is 5.58. The van der Waals surface area contributed by atoms with Gasteiger partial charge in [0.2, 0.25) is 5.91 Å². The van der Waals surface area contributed by atoms with E-state index in [4.69, 9.17) is 4.74 Å². The summed E-state index contributed by atoms with van der Waals surface area (Å²) in [5.74, 6) is 0.729. The van der Waals surface area contributed by atoms with Crippen molar-refractivity contribution in [1.29, 1.82) is 0 Å². The molecule has 0 unspecified atom stereocenters. The standard InChI is InChI=1S/C22H20N4O2S/c1-14(27)26(2)18-7-5-17(6-8-18)24-22-25-20-9-4-15(11-21(20)29-22)16-10-19(28-3)13-23-12-16/h4-13H,1-3H3,(H,24,25). The molecule has 0 saturated heterocycles. The van der Waals surface area contributed by atoms with E-state index >= 15 is 0 Å². The molecule has 2 aromatic heterocycles. The fourth-order valence-electron chi connectivity index (χ4n) is 2.92. The van der Waals surface area contributed by atoms with Crippen molar-refractivity contribution in [2.24, 2.45) is 0 Å². The van der Waals surface area contributed by atoms with Crippen LogP contribution in [-0.2, 0) is 4.79 Å². The number of carbonyl (C=O) groups is 1. The van der Waals surface area contributed by atoms with E-state index in [0.717, 1.165) is 43.6 Å². The normalized spacial score (nSPS) is 10.7. The number of thiazole rings is 1. The van der Waals surface area contributed by atoms with E-state index in [1.165, 1.54) is 0 Å². The van der Waals surface area contributed by atoms with Gasteiger partial charge in [-0.15, -0.1) is 0 Å². The lowest BCUT2D eigenvalue weighted by molar-refractivity contribution is -0.116. The number of nitrogens with one attached hydrogen (secondary N) is 1. The van der Waals surface area contributed by atoms with Crippen LogP contribution in [0.15, 0.2) is 60.9 Å². The minimum absolute atomic E-state index is 0.000998. The van der Waals surface area contributed by atoms with Gasteiger partial charge in [0.25, 0.3) is 0 Å². The highest BCUT2D eigenvalue weighted by Crippen LogP contribution is 2.32. The zero-order valence-corrected chi connectivity index (χ0v) is 17.2. The number of fused-ring (bicyclic) bond motifs is 1. The number of aromatic nitrogens is 2. The van der Waals surface area contributed by atoms with Crippen molar-refractivity contribution in [1.82, 2.24) is 9.97 Å². The van der Waals surface area contributed by atoms with Gasteiger partial charge in [-0.05, 0) is 48.0 Å². The molecule has 0 bridgehead atoms. The van der Waals surface area contributed by atoms with Gasteiger partial charge in [0.15, 0.2) is 5.13 Å². The number of rotatable bonds is 5. The van der Waals surface area contributed by atoms with Gasteiger partial charge < -0.3 is 15.0 Å². The monoisotopic (exact) mass is 404 g/mol. The quantitative estimate of drug-likeness (QED) is 0.502. The largest absolute Gasteiger partial charge is 0.495 e. The van der Waals surface area contributed by atoms with Crippen molar-refractivity contribution in [3.63, 3.8) is 0 Å². The van der Waals surface area contributed by atoms with Gasteiger partial charge in [-0.2, -0.15) is 0 Å². The molecule has 1 amide bonds. The van der Waals surface area contributed by atoms with Crippen molar-refractivity contribution in [3.05, 3.63) is 60.9 Å². The number of hydrogen-bond acceptors (Lipinski definition) is 6. The first-order valence-corrected chi connectivity index (χ1v) is 9.86. The van der Waals surface area contributed by atoms with Crippen LogP contribution in [0.5, 0.6) is 5.75 Å². The van der Waals surface area contributed by atoms with Crippen LogP contribution in [0.4, 0.5) is 16.5 Å². The van der Waals surface area contributed by atoms with Gasteiger partial charge >= 0.3 is 0 Å². The summed E-state index contributed by atoms with van der Waals surface area (Å²) in [6, 6.07) is 15.8. The van der Waals surface area contributed by atoms with Crippen LogP contribution in [0.3, 0.4) is 0 Å². The summed E-state index contributed by atoms with van der Waals surface area (Å²) in [4.78, 5) is 22.0. The Labute approximate surface area is 172 Å². The third-order valence-electron chi connectivity index (χ3n) is 4.65. The maximum Gasteiger partial charge on any atom is 0.223 e. The third kappa shape index (κ3) is 4.05. The average Bonchev–Trinajstić information content (AvgIpc) is 3.15. The molecule has 0 saturated carbocycles. The SMILES string of the molecule is COc1cncc(-c2ccc3nc(Nc4ccc(N(C)C(C)=O)cc4)sc3c2)c1. The summed E-state index contributed by atoms with van der Waals surface area (Å²) in [6.07, 6.45) is 3.51. The second-order valence-corrected chi connectivity index (χ2v) is 7.60. The van der Waals surface area contributed by atoms with Crippen LogP contribution in [-0.4, -0.2) is 30.0 Å². The molecule has 4 rings (SSSR count). The van der Waals surface area contributed by atoms with E-state index in [1.807, 2.05) is 48.7 Å². The van der Waals surface area contributed by atoms with E-state index in [0.29, 0.717) is 0 Å². The number of carbonyl (C=O) groups excluding carboxylic acids is 1. The first-order chi connectivity index (χ1) is 14.0. The number of ether oxygens (including phenoxy) is 1. The van der Waals surface area contributed by atoms with E-state index in [2.05, 4.69) is 21.4 Å². The Kier molecular flexibility index (Phi) is 5.14. The van der Waals surface area contributed by atoms with Crippen molar-refractivity contribution >= 4 is 44.0 Å². The number of benzene rings is 2. The van der Waals surface area contributed by atoms with Gasteiger partial charge in [-0.1, -0.05) is 17.4 Å². The smallest absolute Gasteiger partial charge is 0.223 e. The Morgan fingerprint density at radius 1 is 1.07 bits per heavy atom. The Hall–Kier alpha value is -3.45. The second-order valence-electron chi connectivity index (χ2n) is 6.56. The summed E-state index contributed by atoms with van der Waals surface area (Å²) in [7, 11) is 3.39. The fourth-order valence-corrected chi connectivity index (χ4v) is 3.84. The second kappa shape index (κ2) is 7.89. The lowest BCUT2D eigenvalue weighted by Gasteiger charge is -2.15. The number of pyridine rings is 1. The highest BCUT2D eigenvalue weighted by atomic mass is 32.1. The lowest BCUT2D eigenvalue weighted by atomic mass is 10.1. The molecule has 0 spiro atoms. The predicted octanol–water partition coefficient (Wildman–Crippen LogP) is 5.09. The minimum Gasteiger partial charge on any atom is -0.495 e. The molecular weight excluding hydrogens is 384 g/mol. The molecule has 0 aliphatic heterocycles. The number of amides is 1. The van der Waals surface area contributed by atoms with Crippen LogP contribution in [0.2, 0.25) is 0 Å². The molecule has 2 heterocycles. The van der Waals surface area contributed by atoms with Crippen molar-refractivity contribution < 1.29 is 9.53 Å². The Morgan fingerprint density at radius 3 is 2.59 bits per heavy atom. The van der Waals surface area contributed by atoms with Gasteiger partial charge in [-0.3, -0.25) is 9.78 Å². The summed E-state index contributed by atoms with van der Waals surface area (Å²) < 4.78 is 6.35. The van der Waals surface area contributed by atoms with Gasteiger partial charge in [-0.25, -0.2) is 4.98 Å². The summed E-state index contributed by atoms with van der Waals surface area (Å²) in [5.41, 5.74) is 4.77. The van der Waals surface area contributed by atoms with Gasteiger partial charge in [0.1, 0.15) is 5.75 Å². The van der Waals surface area contributed by atoms with E-state index in [-0.39, 0.29) is 5.91 Å². The highest BCUT2D eigenvalue weighted by molar-refractivity contribution is 7.22. The molecule has 29 heavy (non-hydrogen) atoms. The molecule has 146 valence electrons. The first kappa shape index (κ1) is 18.9. The summed E-state index contributed by atoms with van der Waals surface area (Å²) in [6.45, 7) is 1.54. The Bertz CT molecular complexity index is 1170. The number of hydrogen-bond donors (Lipinski definition) is 1. The van der Waals surface area contributed by atoms with Crippen LogP contribution < -0.4 is 15.0 Å². The molecule has 0 fully saturated rings. The Balaban J connectivity index is 1.57. The maximum atomic E-state index is 11.5. The zero-order valence-electron chi connectivity index (χ0n) is 16.3. The van der Waals surface area contributed by atoms with Crippen molar-refractivity contribution in [3.8, 4) is 16.9 Å². The number of methoxy groups -OCH3 is 1. The molecule has 0 aliphatic rings. The van der Waals surface area contributed by atoms with Gasteiger partial charge in [0, 0.05) is 37.1 Å². The van der Waals surface area contributed by atoms with E-state index < -0.39 is 0 Å². The number of nitrogens with zero attached hydrogens (tertiary/aromatic N) is 3. The molecule has 0 radical (unpaired) electrons. The van der Waals surface area contributed by atoms with Crippen LogP contribution >= 0.6 is 11.3 Å².